The lowest BCUT2D eigenvalue weighted by Crippen LogP contribution is -2.06. The van der Waals surface area contributed by atoms with Crippen molar-refractivity contribution in [2.24, 2.45) is 0 Å². The molecule has 0 saturated carbocycles. The lowest BCUT2D eigenvalue weighted by Gasteiger charge is -2.04. The van der Waals surface area contributed by atoms with Crippen LogP contribution in [0.3, 0.4) is 0 Å². The van der Waals surface area contributed by atoms with Crippen molar-refractivity contribution in [3.63, 3.8) is 0 Å². The first-order valence-corrected chi connectivity index (χ1v) is 5.75. The van der Waals surface area contributed by atoms with E-state index in [4.69, 9.17) is 27.9 Å². The van der Waals surface area contributed by atoms with E-state index in [0.717, 1.165) is 0 Å². The number of hydrogen-bond acceptors (Lipinski definition) is 4. The van der Waals surface area contributed by atoms with Crippen molar-refractivity contribution in [3.8, 4) is 5.88 Å². The Kier molecular flexibility index (Phi) is 3.79. The molecular weight excluding hydrogens is 275 g/mol. The summed E-state index contributed by atoms with van der Waals surface area (Å²) in [6.07, 6.45) is 0. The minimum atomic E-state index is -0.336. The highest BCUT2D eigenvalue weighted by Crippen LogP contribution is 2.27. The quantitative estimate of drug-likeness (QED) is 0.812. The molecule has 0 N–H and O–H groups in total. The minimum absolute atomic E-state index is 0.181. The van der Waals surface area contributed by atoms with E-state index in [1.165, 1.54) is 13.2 Å². The second kappa shape index (κ2) is 5.33. The maximum Gasteiger partial charge on any atom is 0.233 e. The zero-order valence-electron chi connectivity index (χ0n) is 9.35. The van der Waals surface area contributed by atoms with E-state index in [2.05, 4.69) is 10.2 Å². The van der Waals surface area contributed by atoms with Crippen molar-refractivity contribution in [2.45, 2.75) is 0 Å². The Hall–Kier alpha value is -1.65. The minimum Gasteiger partial charge on any atom is -0.480 e. The molecule has 1 aromatic carbocycles. The normalized spacial score (nSPS) is 10.2. The molecule has 0 spiro atoms. The number of methoxy groups -OCH3 is 1. The summed E-state index contributed by atoms with van der Waals surface area (Å²) in [5, 5.41) is 8.03. The van der Waals surface area contributed by atoms with Crippen molar-refractivity contribution >= 4 is 29.0 Å². The lowest BCUT2D eigenvalue weighted by atomic mass is 10.1. The molecule has 6 heteroatoms. The fourth-order valence-corrected chi connectivity index (χ4v) is 1.75. The highest BCUT2D eigenvalue weighted by molar-refractivity contribution is 6.44. The zero-order chi connectivity index (χ0) is 13.1. The summed E-state index contributed by atoms with van der Waals surface area (Å²) in [7, 11) is 1.47. The molecule has 0 aliphatic heterocycles. The van der Waals surface area contributed by atoms with Crippen LogP contribution in [0.1, 0.15) is 16.1 Å². The van der Waals surface area contributed by atoms with Gasteiger partial charge in [-0.3, -0.25) is 4.79 Å². The van der Waals surface area contributed by atoms with E-state index < -0.39 is 0 Å². The number of ether oxygens (including phenoxy) is 1. The highest BCUT2D eigenvalue weighted by atomic mass is 35.5. The van der Waals surface area contributed by atoms with Crippen molar-refractivity contribution in [1.82, 2.24) is 10.2 Å². The van der Waals surface area contributed by atoms with E-state index in [1.54, 1.807) is 24.3 Å². The Bertz CT molecular complexity index is 585. The predicted octanol–water partition coefficient (Wildman–Crippen LogP) is 3.02. The number of nitrogens with zero attached hydrogens (tertiary/aromatic N) is 2. The molecule has 0 amide bonds. The van der Waals surface area contributed by atoms with E-state index in [9.17, 15) is 4.79 Å². The Morgan fingerprint density at radius 2 is 1.94 bits per heavy atom. The van der Waals surface area contributed by atoms with Crippen LogP contribution in [0.4, 0.5) is 0 Å². The molecule has 18 heavy (non-hydrogen) atoms. The van der Waals surface area contributed by atoms with Gasteiger partial charge < -0.3 is 4.74 Å². The van der Waals surface area contributed by atoms with Gasteiger partial charge in [0.2, 0.25) is 11.7 Å². The topological polar surface area (TPSA) is 52.1 Å². The van der Waals surface area contributed by atoms with Gasteiger partial charge in [-0.2, -0.15) is 0 Å². The number of carbonyl (C=O) groups excluding carboxylic acids is 1. The molecule has 92 valence electrons. The van der Waals surface area contributed by atoms with Gasteiger partial charge in [0.1, 0.15) is 5.69 Å². The number of aromatic nitrogens is 2. The van der Waals surface area contributed by atoms with E-state index in [0.29, 0.717) is 16.5 Å². The van der Waals surface area contributed by atoms with Gasteiger partial charge >= 0.3 is 0 Å². The van der Waals surface area contributed by atoms with Gasteiger partial charge in [-0.05, 0) is 18.2 Å². The Morgan fingerprint density at radius 1 is 1.17 bits per heavy atom. The maximum atomic E-state index is 12.1. The number of carbonyl (C=O) groups is 1. The van der Waals surface area contributed by atoms with Gasteiger partial charge in [0.25, 0.3) is 0 Å². The summed E-state index contributed by atoms with van der Waals surface area (Å²) in [5.74, 6) is 0.00129. The summed E-state index contributed by atoms with van der Waals surface area (Å²) >= 11 is 11.8. The second-order valence-corrected chi connectivity index (χ2v) is 4.18. The summed E-state index contributed by atoms with van der Waals surface area (Å²) in [6.45, 7) is 0. The summed E-state index contributed by atoms with van der Waals surface area (Å²) < 4.78 is 4.87. The third-order valence-corrected chi connectivity index (χ3v) is 3.10. The standard InChI is InChI=1S/C12H8Cl2N2O2/c1-18-10-6-5-9(15-16-10)12(17)7-3-2-4-8(13)11(7)14/h2-6H,1H3. The van der Waals surface area contributed by atoms with Gasteiger partial charge in [-0.25, -0.2) is 0 Å². The Morgan fingerprint density at radius 3 is 2.56 bits per heavy atom. The van der Waals surface area contributed by atoms with Crippen LogP contribution in [0.25, 0.3) is 0 Å². The number of benzene rings is 1. The number of ketones is 1. The van der Waals surface area contributed by atoms with Crippen LogP contribution in [0.15, 0.2) is 30.3 Å². The third-order valence-electron chi connectivity index (χ3n) is 2.28. The number of rotatable bonds is 3. The third kappa shape index (κ3) is 2.44. The first-order valence-electron chi connectivity index (χ1n) is 5.00. The molecule has 2 aromatic rings. The molecule has 0 atom stereocenters. The summed E-state index contributed by atoms with van der Waals surface area (Å²) in [6, 6.07) is 7.92. The smallest absolute Gasteiger partial charge is 0.233 e. The van der Waals surface area contributed by atoms with Crippen LogP contribution in [-0.2, 0) is 0 Å². The largest absolute Gasteiger partial charge is 0.480 e. The number of halogens is 2. The van der Waals surface area contributed by atoms with Crippen molar-refractivity contribution in [2.75, 3.05) is 7.11 Å². The van der Waals surface area contributed by atoms with Gasteiger partial charge in [-0.1, -0.05) is 29.3 Å². The molecule has 0 aliphatic carbocycles. The van der Waals surface area contributed by atoms with Crippen molar-refractivity contribution in [3.05, 3.63) is 51.6 Å². The molecule has 0 bridgehead atoms. The molecule has 0 saturated heterocycles. The fraction of sp³-hybridized carbons (Fsp3) is 0.0833. The molecule has 0 fully saturated rings. The van der Waals surface area contributed by atoms with Crippen LogP contribution >= 0.6 is 23.2 Å². The predicted molar refractivity (Wildman–Crippen MR) is 68.5 cm³/mol. The van der Waals surface area contributed by atoms with Crippen LogP contribution in [0.5, 0.6) is 5.88 Å². The maximum absolute atomic E-state index is 12.1. The Balaban J connectivity index is 2.38. The van der Waals surface area contributed by atoms with Crippen molar-refractivity contribution in [1.29, 1.82) is 0 Å². The molecular formula is C12H8Cl2N2O2. The molecule has 1 heterocycles. The van der Waals surface area contributed by atoms with Crippen LogP contribution < -0.4 is 4.74 Å². The summed E-state index contributed by atoms with van der Waals surface area (Å²) in [4.78, 5) is 12.1. The molecule has 1 aromatic heterocycles. The fourth-order valence-electron chi connectivity index (χ4n) is 1.37. The second-order valence-electron chi connectivity index (χ2n) is 3.39. The first kappa shape index (κ1) is 12.8. The first-order chi connectivity index (χ1) is 8.63. The monoisotopic (exact) mass is 282 g/mol. The molecule has 0 aliphatic rings. The Labute approximate surface area is 114 Å². The van der Waals surface area contributed by atoms with E-state index in [1.807, 2.05) is 0 Å². The van der Waals surface area contributed by atoms with Gasteiger partial charge in [-0.15, -0.1) is 10.2 Å². The number of hydrogen-bond donors (Lipinski definition) is 0. The van der Waals surface area contributed by atoms with E-state index >= 15 is 0 Å². The van der Waals surface area contributed by atoms with Gasteiger partial charge in [0, 0.05) is 11.6 Å². The van der Waals surface area contributed by atoms with Gasteiger partial charge in [0.05, 0.1) is 17.2 Å². The van der Waals surface area contributed by atoms with Crippen LogP contribution in [0.2, 0.25) is 10.0 Å². The summed E-state index contributed by atoms with van der Waals surface area (Å²) in [5.41, 5.74) is 0.476. The molecule has 0 unspecified atom stereocenters. The highest BCUT2D eigenvalue weighted by Gasteiger charge is 2.16. The van der Waals surface area contributed by atoms with Gasteiger partial charge in [0.15, 0.2) is 0 Å². The average molecular weight is 283 g/mol. The van der Waals surface area contributed by atoms with Crippen LogP contribution in [0, 0.1) is 0 Å². The van der Waals surface area contributed by atoms with Crippen molar-refractivity contribution < 1.29 is 9.53 Å². The van der Waals surface area contributed by atoms with Crippen LogP contribution in [-0.4, -0.2) is 23.1 Å². The average Bonchev–Trinajstić information content (AvgIpc) is 2.41. The van der Waals surface area contributed by atoms with E-state index in [-0.39, 0.29) is 16.5 Å². The SMILES string of the molecule is COc1ccc(C(=O)c2cccc(Cl)c2Cl)nn1. The zero-order valence-corrected chi connectivity index (χ0v) is 10.9. The molecule has 4 nitrogen and oxygen atoms in total. The molecule has 2 rings (SSSR count). The molecule has 0 radical (unpaired) electrons. The lowest BCUT2D eigenvalue weighted by molar-refractivity contribution is 0.103.